The predicted molar refractivity (Wildman–Crippen MR) is 94.1 cm³/mol. The summed E-state index contributed by atoms with van der Waals surface area (Å²) in [4.78, 5) is 7.24. The molecule has 3 saturated heterocycles. The molecule has 5 nitrogen and oxygen atoms in total. The van der Waals surface area contributed by atoms with Crippen molar-refractivity contribution in [3.63, 3.8) is 0 Å². The molecular formula is C20H25N3O2. The third-order valence-electron chi connectivity index (χ3n) is 5.90. The van der Waals surface area contributed by atoms with Gasteiger partial charge in [0.05, 0.1) is 18.1 Å². The van der Waals surface area contributed by atoms with Crippen molar-refractivity contribution in [2.75, 3.05) is 13.1 Å². The predicted octanol–water partition coefficient (Wildman–Crippen LogP) is 3.76. The molecule has 25 heavy (non-hydrogen) atoms. The Morgan fingerprint density at radius 1 is 1.12 bits per heavy atom. The van der Waals surface area contributed by atoms with Crippen LogP contribution < -0.4 is 0 Å². The van der Waals surface area contributed by atoms with E-state index in [4.69, 9.17) is 14.2 Å². The number of likely N-dealkylation sites (tertiary alicyclic amines) is 1. The van der Waals surface area contributed by atoms with Crippen LogP contribution in [0.2, 0.25) is 0 Å². The van der Waals surface area contributed by atoms with Crippen molar-refractivity contribution in [2.24, 2.45) is 0 Å². The van der Waals surface area contributed by atoms with Crippen molar-refractivity contribution >= 4 is 0 Å². The van der Waals surface area contributed by atoms with Gasteiger partial charge in [0, 0.05) is 12.1 Å². The van der Waals surface area contributed by atoms with Crippen molar-refractivity contribution in [2.45, 2.75) is 63.2 Å². The first-order chi connectivity index (χ1) is 12.3. The zero-order chi connectivity index (χ0) is 16.6. The molecule has 0 unspecified atom stereocenters. The molecule has 3 aliphatic heterocycles. The SMILES string of the molecule is c1cc(CN2CCCCC2)cc(-c2noc([C@H]3C[C@H]4CC[C@H]3O4)n2)c1. The molecule has 132 valence electrons. The molecule has 1 aromatic heterocycles. The maximum atomic E-state index is 5.92. The normalized spacial score (nSPS) is 29.4. The van der Waals surface area contributed by atoms with Crippen LogP contribution in [-0.4, -0.2) is 40.3 Å². The first-order valence-corrected chi connectivity index (χ1v) is 9.66. The highest BCUT2D eigenvalue weighted by Crippen LogP contribution is 2.44. The lowest BCUT2D eigenvalue weighted by atomic mass is 9.89. The van der Waals surface area contributed by atoms with Crippen molar-refractivity contribution in [3.05, 3.63) is 35.7 Å². The molecule has 5 rings (SSSR count). The Bertz CT molecular complexity index is 738. The van der Waals surface area contributed by atoms with E-state index in [0.29, 0.717) is 11.9 Å². The van der Waals surface area contributed by atoms with Crippen LogP contribution in [-0.2, 0) is 11.3 Å². The van der Waals surface area contributed by atoms with E-state index < -0.39 is 0 Å². The molecule has 2 aromatic rings. The Balaban J connectivity index is 1.32. The van der Waals surface area contributed by atoms with Crippen LogP contribution in [0.3, 0.4) is 0 Å². The number of nitrogens with zero attached hydrogens (tertiary/aromatic N) is 3. The molecule has 3 aliphatic rings. The maximum absolute atomic E-state index is 5.92. The lowest BCUT2D eigenvalue weighted by molar-refractivity contribution is 0.0974. The minimum absolute atomic E-state index is 0.281. The van der Waals surface area contributed by atoms with Gasteiger partial charge < -0.3 is 9.26 Å². The van der Waals surface area contributed by atoms with Crippen LogP contribution >= 0.6 is 0 Å². The van der Waals surface area contributed by atoms with E-state index >= 15 is 0 Å². The molecule has 1 aromatic carbocycles. The van der Waals surface area contributed by atoms with Crippen LogP contribution in [0.1, 0.15) is 55.9 Å². The Hall–Kier alpha value is -1.72. The second-order valence-corrected chi connectivity index (χ2v) is 7.71. The number of aromatic nitrogens is 2. The molecular weight excluding hydrogens is 314 g/mol. The summed E-state index contributed by atoms with van der Waals surface area (Å²) >= 11 is 0. The summed E-state index contributed by atoms with van der Waals surface area (Å²) in [5, 5.41) is 4.25. The molecule has 0 saturated carbocycles. The minimum atomic E-state index is 0.281. The summed E-state index contributed by atoms with van der Waals surface area (Å²) < 4.78 is 11.5. The number of fused-ring (bicyclic) bond motifs is 2. The summed E-state index contributed by atoms with van der Waals surface area (Å²) in [6, 6.07) is 8.58. The van der Waals surface area contributed by atoms with E-state index in [-0.39, 0.29) is 12.0 Å². The molecule has 0 N–H and O–H groups in total. The van der Waals surface area contributed by atoms with Gasteiger partial charge in [0.25, 0.3) is 0 Å². The number of benzene rings is 1. The van der Waals surface area contributed by atoms with Crippen molar-refractivity contribution in [1.29, 1.82) is 0 Å². The van der Waals surface area contributed by atoms with Crippen molar-refractivity contribution in [3.8, 4) is 11.4 Å². The first-order valence-electron chi connectivity index (χ1n) is 9.66. The van der Waals surface area contributed by atoms with E-state index in [1.54, 1.807) is 0 Å². The Labute approximate surface area is 148 Å². The molecule has 0 spiro atoms. The van der Waals surface area contributed by atoms with Crippen LogP contribution in [0.4, 0.5) is 0 Å². The number of rotatable bonds is 4. The summed E-state index contributed by atoms with van der Waals surface area (Å²) in [7, 11) is 0. The third kappa shape index (κ3) is 3.11. The number of piperidine rings is 1. The summed E-state index contributed by atoms with van der Waals surface area (Å²) in [6.45, 7) is 3.43. The Kier molecular flexibility index (Phi) is 4.06. The molecule has 0 radical (unpaired) electrons. The highest BCUT2D eigenvalue weighted by molar-refractivity contribution is 5.55. The van der Waals surface area contributed by atoms with Gasteiger partial charge in [0.1, 0.15) is 0 Å². The van der Waals surface area contributed by atoms with E-state index in [1.165, 1.54) is 44.3 Å². The van der Waals surface area contributed by atoms with E-state index in [9.17, 15) is 0 Å². The lowest BCUT2D eigenvalue weighted by Crippen LogP contribution is -2.29. The fraction of sp³-hybridized carbons (Fsp3) is 0.600. The first kappa shape index (κ1) is 15.5. The minimum Gasteiger partial charge on any atom is -0.374 e. The second kappa shape index (κ2) is 6.54. The van der Waals surface area contributed by atoms with E-state index in [1.807, 2.05) is 0 Å². The number of hydrogen-bond acceptors (Lipinski definition) is 5. The number of ether oxygens (including phenoxy) is 1. The molecule has 4 heterocycles. The number of hydrogen-bond donors (Lipinski definition) is 0. The standard InChI is InChI=1S/C20H25N3O2/c1-2-9-23(10-3-1)13-14-5-4-6-15(11-14)19-21-20(25-22-19)17-12-16-7-8-18(17)24-16/h4-6,11,16-18H,1-3,7-10,12-13H2/t16-,17+,18-/m1/s1. The maximum Gasteiger partial charge on any atom is 0.232 e. The monoisotopic (exact) mass is 339 g/mol. The van der Waals surface area contributed by atoms with E-state index in [2.05, 4.69) is 34.3 Å². The van der Waals surface area contributed by atoms with Gasteiger partial charge in [-0.15, -0.1) is 0 Å². The highest BCUT2D eigenvalue weighted by Gasteiger charge is 2.44. The van der Waals surface area contributed by atoms with Gasteiger partial charge in [-0.05, 0) is 56.8 Å². The molecule has 2 bridgehead atoms. The van der Waals surface area contributed by atoms with Gasteiger partial charge in [0.15, 0.2) is 0 Å². The zero-order valence-corrected chi connectivity index (χ0v) is 14.6. The van der Waals surface area contributed by atoms with Crippen LogP contribution in [0, 0.1) is 0 Å². The fourth-order valence-electron chi connectivity index (χ4n) is 4.59. The highest BCUT2D eigenvalue weighted by atomic mass is 16.5. The molecule has 3 fully saturated rings. The van der Waals surface area contributed by atoms with Crippen molar-refractivity contribution < 1.29 is 9.26 Å². The third-order valence-corrected chi connectivity index (χ3v) is 5.90. The Morgan fingerprint density at radius 3 is 2.84 bits per heavy atom. The molecule has 3 atom stereocenters. The topological polar surface area (TPSA) is 51.4 Å². The van der Waals surface area contributed by atoms with Crippen molar-refractivity contribution in [1.82, 2.24) is 15.0 Å². The zero-order valence-electron chi connectivity index (χ0n) is 14.6. The summed E-state index contributed by atoms with van der Waals surface area (Å²) in [6.07, 6.45) is 8.02. The second-order valence-electron chi connectivity index (χ2n) is 7.71. The van der Waals surface area contributed by atoms with Gasteiger partial charge in [-0.2, -0.15) is 4.98 Å². The Morgan fingerprint density at radius 2 is 2.04 bits per heavy atom. The smallest absolute Gasteiger partial charge is 0.232 e. The van der Waals surface area contributed by atoms with Gasteiger partial charge in [-0.25, -0.2) is 0 Å². The fourth-order valence-corrected chi connectivity index (χ4v) is 4.59. The quantitative estimate of drug-likeness (QED) is 0.849. The van der Waals surface area contributed by atoms with Crippen LogP contribution in [0.5, 0.6) is 0 Å². The van der Waals surface area contributed by atoms with Crippen LogP contribution in [0.25, 0.3) is 11.4 Å². The van der Waals surface area contributed by atoms with Gasteiger partial charge >= 0.3 is 0 Å². The molecule has 0 amide bonds. The lowest BCUT2D eigenvalue weighted by Gasteiger charge is -2.26. The van der Waals surface area contributed by atoms with Crippen LogP contribution in [0.15, 0.2) is 28.8 Å². The van der Waals surface area contributed by atoms with Gasteiger partial charge in [-0.3, -0.25) is 4.90 Å². The average Bonchev–Trinajstić information content (AvgIpc) is 3.39. The van der Waals surface area contributed by atoms with E-state index in [0.717, 1.165) is 30.8 Å². The largest absolute Gasteiger partial charge is 0.374 e. The van der Waals surface area contributed by atoms with Gasteiger partial charge in [-0.1, -0.05) is 29.8 Å². The average molecular weight is 339 g/mol. The van der Waals surface area contributed by atoms with Gasteiger partial charge in [0.2, 0.25) is 11.7 Å². The summed E-state index contributed by atoms with van der Waals surface area (Å²) in [5.74, 6) is 1.75. The molecule has 5 heteroatoms. The molecule has 0 aliphatic carbocycles. The summed E-state index contributed by atoms with van der Waals surface area (Å²) in [5.41, 5.74) is 2.38.